The number of nitrogens with two attached hydrogens (primary N) is 1. The monoisotopic (exact) mass is 233 g/mol. The lowest BCUT2D eigenvalue weighted by Gasteiger charge is -2.09. The van der Waals surface area contributed by atoms with E-state index in [2.05, 4.69) is 15.4 Å². The van der Waals surface area contributed by atoms with Crippen molar-refractivity contribution in [3.8, 4) is 5.75 Å². The van der Waals surface area contributed by atoms with E-state index >= 15 is 0 Å². The van der Waals surface area contributed by atoms with Gasteiger partial charge in [-0.1, -0.05) is 6.07 Å². The van der Waals surface area contributed by atoms with E-state index in [4.69, 9.17) is 10.5 Å². The summed E-state index contributed by atoms with van der Waals surface area (Å²) in [6.45, 7) is 4.24. The highest BCUT2D eigenvalue weighted by atomic mass is 16.5. The fraction of sp³-hybridized carbons (Fsp3) is 0.364. The Morgan fingerprint density at radius 3 is 2.71 bits per heavy atom. The van der Waals surface area contributed by atoms with E-state index in [-0.39, 0.29) is 6.61 Å². The van der Waals surface area contributed by atoms with Gasteiger partial charge in [0.15, 0.2) is 6.61 Å². The quantitative estimate of drug-likeness (QED) is 0.800. The molecule has 0 radical (unpaired) electrons. The molecule has 0 bridgehead atoms. The molecule has 0 atom stereocenters. The molecule has 17 heavy (non-hydrogen) atoms. The van der Waals surface area contributed by atoms with Crippen molar-refractivity contribution >= 4 is 5.69 Å². The predicted molar refractivity (Wildman–Crippen MR) is 63.5 cm³/mol. The van der Waals surface area contributed by atoms with Crippen LogP contribution in [0, 0.1) is 13.8 Å². The van der Waals surface area contributed by atoms with Crippen LogP contribution >= 0.6 is 0 Å². The standard InChI is InChI=1S/C11H15N5O/c1-7-4-8(2)10(5-9(7)12)17-6-11-13-15-16(3)14-11/h4-5H,6,12H2,1-3H3. The zero-order valence-corrected chi connectivity index (χ0v) is 10.1. The van der Waals surface area contributed by atoms with Crippen LogP contribution in [0.4, 0.5) is 5.69 Å². The smallest absolute Gasteiger partial charge is 0.212 e. The van der Waals surface area contributed by atoms with E-state index in [0.29, 0.717) is 5.82 Å². The zero-order valence-electron chi connectivity index (χ0n) is 10.1. The number of anilines is 1. The van der Waals surface area contributed by atoms with Crippen molar-refractivity contribution in [1.82, 2.24) is 20.2 Å². The third-order valence-electron chi connectivity index (χ3n) is 2.47. The fourth-order valence-electron chi connectivity index (χ4n) is 1.53. The van der Waals surface area contributed by atoms with Crippen molar-refractivity contribution in [1.29, 1.82) is 0 Å². The van der Waals surface area contributed by atoms with Gasteiger partial charge in [-0.05, 0) is 30.2 Å². The average Bonchev–Trinajstić information content (AvgIpc) is 2.68. The molecule has 0 saturated heterocycles. The topological polar surface area (TPSA) is 78.9 Å². The lowest BCUT2D eigenvalue weighted by Crippen LogP contribution is -2.01. The molecular weight excluding hydrogens is 218 g/mol. The second kappa shape index (κ2) is 4.40. The molecule has 0 saturated carbocycles. The molecule has 0 unspecified atom stereocenters. The number of nitrogen functional groups attached to an aromatic ring is 1. The van der Waals surface area contributed by atoms with Gasteiger partial charge in [0.05, 0.1) is 7.05 Å². The second-order valence-corrected chi connectivity index (χ2v) is 3.96. The van der Waals surface area contributed by atoms with Crippen LogP contribution in [0.25, 0.3) is 0 Å². The van der Waals surface area contributed by atoms with Crippen molar-refractivity contribution in [2.24, 2.45) is 7.05 Å². The van der Waals surface area contributed by atoms with Gasteiger partial charge in [0.1, 0.15) is 5.75 Å². The Balaban J connectivity index is 2.11. The Bertz CT molecular complexity index is 535. The molecule has 0 spiro atoms. The molecule has 2 aromatic rings. The maximum absolute atomic E-state index is 5.83. The summed E-state index contributed by atoms with van der Waals surface area (Å²) in [5.41, 5.74) is 8.65. The number of tetrazole rings is 1. The first-order valence-electron chi connectivity index (χ1n) is 5.28. The summed E-state index contributed by atoms with van der Waals surface area (Å²) in [5, 5.41) is 11.6. The van der Waals surface area contributed by atoms with Gasteiger partial charge in [0, 0.05) is 11.8 Å². The molecule has 1 heterocycles. The second-order valence-electron chi connectivity index (χ2n) is 3.96. The van der Waals surface area contributed by atoms with E-state index in [1.165, 1.54) is 4.80 Å². The highest BCUT2D eigenvalue weighted by Gasteiger charge is 2.06. The van der Waals surface area contributed by atoms with Gasteiger partial charge in [-0.2, -0.15) is 4.80 Å². The molecular formula is C11H15N5O. The molecule has 2 rings (SSSR count). The highest BCUT2D eigenvalue weighted by molar-refractivity contribution is 5.54. The normalized spacial score (nSPS) is 10.5. The highest BCUT2D eigenvalue weighted by Crippen LogP contribution is 2.24. The summed E-state index contributed by atoms with van der Waals surface area (Å²) in [6, 6.07) is 3.82. The number of ether oxygens (including phenoxy) is 1. The number of hydrogen-bond donors (Lipinski definition) is 1. The molecule has 0 aliphatic carbocycles. The van der Waals surface area contributed by atoms with Gasteiger partial charge in [-0.3, -0.25) is 0 Å². The van der Waals surface area contributed by atoms with Gasteiger partial charge in [-0.15, -0.1) is 10.2 Å². The van der Waals surface area contributed by atoms with Crippen LogP contribution in [0.2, 0.25) is 0 Å². The number of benzene rings is 1. The Labute approximate surface area is 99.4 Å². The summed E-state index contributed by atoms with van der Waals surface area (Å²) in [7, 11) is 1.71. The Morgan fingerprint density at radius 2 is 2.06 bits per heavy atom. The third kappa shape index (κ3) is 2.52. The number of hydrogen-bond acceptors (Lipinski definition) is 5. The van der Waals surface area contributed by atoms with Crippen LogP contribution < -0.4 is 10.5 Å². The zero-order chi connectivity index (χ0) is 12.4. The number of aromatic nitrogens is 4. The van der Waals surface area contributed by atoms with Crippen molar-refractivity contribution in [2.45, 2.75) is 20.5 Å². The van der Waals surface area contributed by atoms with Gasteiger partial charge in [0.2, 0.25) is 5.82 Å². The maximum Gasteiger partial charge on any atom is 0.212 e. The Hall–Kier alpha value is -2.11. The van der Waals surface area contributed by atoms with Gasteiger partial charge in [-0.25, -0.2) is 0 Å². The minimum Gasteiger partial charge on any atom is -0.485 e. The lowest BCUT2D eigenvalue weighted by molar-refractivity contribution is 0.293. The summed E-state index contributed by atoms with van der Waals surface area (Å²) >= 11 is 0. The summed E-state index contributed by atoms with van der Waals surface area (Å²) in [5.74, 6) is 1.30. The number of rotatable bonds is 3. The SMILES string of the molecule is Cc1cc(C)c(OCc2nnn(C)n2)cc1N. The molecule has 1 aromatic heterocycles. The van der Waals surface area contributed by atoms with Crippen LogP contribution in [0.3, 0.4) is 0 Å². The largest absolute Gasteiger partial charge is 0.485 e. The summed E-state index contributed by atoms with van der Waals surface area (Å²) in [6.07, 6.45) is 0. The molecule has 0 aliphatic rings. The fourth-order valence-corrected chi connectivity index (χ4v) is 1.53. The van der Waals surface area contributed by atoms with Crippen LogP contribution in [-0.2, 0) is 13.7 Å². The summed E-state index contributed by atoms with van der Waals surface area (Å²) in [4.78, 5) is 1.40. The number of aryl methyl sites for hydroxylation is 3. The lowest BCUT2D eigenvalue weighted by atomic mass is 10.1. The average molecular weight is 233 g/mol. The molecule has 1 aromatic carbocycles. The predicted octanol–water partition coefficient (Wildman–Crippen LogP) is 0.988. The van der Waals surface area contributed by atoms with Crippen LogP contribution in [0.15, 0.2) is 12.1 Å². The van der Waals surface area contributed by atoms with Crippen molar-refractivity contribution in [3.63, 3.8) is 0 Å². The minimum atomic E-state index is 0.289. The summed E-state index contributed by atoms with van der Waals surface area (Å²) < 4.78 is 5.61. The molecule has 0 aliphatic heterocycles. The molecule has 6 nitrogen and oxygen atoms in total. The van der Waals surface area contributed by atoms with Crippen molar-refractivity contribution in [2.75, 3.05) is 5.73 Å². The van der Waals surface area contributed by atoms with Crippen LogP contribution in [0.1, 0.15) is 17.0 Å². The molecule has 0 amide bonds. The van der Waals surface area contributed by atoms with Gasteiger partial charge in [0.25, 0.3) is 0 Å². The Kier molecular flexibility index (Phi) is 2.95. The maximum atomic E-state index is 5.83. The third-order valence-corrected chi connectivity index (χ3v) is 2.47. The first-order chi connectivity index (χ1) is 8.06. The van der Waals surface area contributed by atoms with E-state index in [1.807, 2.05) is 26.0 Å². The van der Waals surface area contributed by atoms with Crippen LogP contribution in [-0.4, -0.2) is 20.2 Å². The van der Waals surface area contributed by atoms with E-state index in [1.54, 1.807) is 7.05 Å². The van der Waals surface area contributed by atoms with E-state index in [9.17, 15) is 0 Å². The van der Waals surface area contributed by atoms with Gasteiger partial charge < -0.3 is 10.5 Å². The van der Waals surface area contributed by atoms with Crippen LogP contribution in [0.5, 0.6) is 5.75 Å². The van der Waals surface area contributed by atoms with E-state index < -0.39 is 0 Å². The Morgan fingerprint density at radius 1 is 1.29 bits per heavy atom. The minimum absolute atomic E-state index is 0.289. The molecule has 2 N–H and O–H groups in total. The van der Waals surface area contributed by atoms with Gasteiger partial charge >= 0.3 is 0 Å². The number of nitrogens with zero attached hydrogens (tertiary/aromatic N) is 4. The van der Waals surface area contributed by atoms with Crippen molar-refractivity contribution in [3.05, 3.63) is 29.1 Å². The first-order valence-corrected chi connectivity index (χ1v) is 5.28. The molecule has 90 valence electrons. The first kappa shape index (κ1) is 11.4. The molecule has 0 fully saturated rings. The van der Waals surface area contributed by atoms with Crippen molar-refractivity contribution < 1.29 is 4.74 Å². The van der Waals surface area contributed by atoms with E-state index in [0.717, 1.165) is 22.6 Å². The molecule has 6 heteroatoms.